The number of benzene rings is 1. The Bertz CT molecular complexity index is 452. The lowest BCUT2D eigenvalue weighted by Gasteiger charge is -2.07. The van der Waals surface area contributed by atoms with E-state index in [1.807, 2.05) is 0 Å². The summed E-state index contributed by atoms with van der Waals surface area (Å²) in [6.07, 6.45) is 0.842. The molecule has 0 aromatic heterocycles. The van der Waals surface area contributed by atoms with Crippen LogP contribution < -0.4 is 11.1 Å². The highest BCUT2D eigenvalue weighted by atomic mass is 16.4. The fourth-order valence-electron chi connectivity index (χ4n) is 1.08. The summed E-state index contributed by atoms with van der Waals surface area (Å²) in [5, 5.41) is 11.0. The van der Waals surface area contributed by atoms with Crippen LogP contribution in [0.25, 0.3) is 0 Å². The number of nitrogens with two attached hydrogens (primary N) is 1. The molecule has 0 aliphatic carbocycles. The first-order valence-electron chi connectivity index (χ1n) is 4.58. The summed E-state index contributed by atoms with van der Waals surface area (Å²) in [7, 11) is 0. The van der Waals surface area contributed by atoms with Crippen molar-refractivity contribution in [1.82, 2.24) is 0 Å². The Morgan fingerprint density at radius 3 is 2.56 bits per heavy atom. The fraction of sp³-hybridized carbons (Fsp3) is 0.0909. The third-order valence-corrected chi connectivity index (χ3v) is 1.91. The Morgan fingerprint density at radius 1 is 1.38 bits per heavy atom. The van der Waals surface area contributed by atoms with Gasteiger partial charge in [0.05, 0.1) is 11.4 Å². The predicted molar refractivity (Wildman–Crippen MR) is 60.9 cm³/mol. The molecule has 0 aliphatic heterocycles. The molecular weight excluding hydrogens is 208 g/mol. The molecule has 0 saturated carbocycles. The van der Waals surface area contributed by atoms with Crippen LogP contribution in [0.4, 0.5) is 11.4 Å². The van der Waals surface area contributed by atoms with Gasteiger partial charge in [-0.3, -0.25) is 4.79 Å². The first-order valence-corrected chi connectivity index (χ1v) is 4.58. The molecule has 0 unspecified atom stereocenters. The van der Waals surface area contributed by atoms with Crippen LogP contribution >= 0.6 is 0 Å². The number of rotatable bonds is 3. The Morgan fingerprint density at radius 2 is 2.00 bits per heavy atom. The van der Waals surface area contributed by atoms with Crippen molar-refractivity contribution in [2.24, 2.45) is 0 Å². The van der Waals surface area contributed by atoms with Gasteiger partial charge in [-0.25, -0.2) is 4.79 Å². The van der Waals surface area contributed by atoms with E-state index >= 15 is 0 Å². The maximum atomic E-state index is 11.5. The number of hydrogen-bond acceptors (Lipinski definition) is 3. The molecule has 0 radical (unpaired) electrons. The summed E-state index contributed by atoms with van der Waals surface area (Å²) in [4.78, 5) is 21.9. The van der Waals surface area contributed by atoms with Gasteiger partial charge in [0.1, 0.15) is 0 Å². The van der Waals surface area contributed by atoms with E-state index in [4.69, 9.17) is 10.8 Å². The number of para-hydroxylation sites is 2. The molecule has 0 fully saturated rings. The second-order valence-corrected chi connectivity index (χ2v) is 3.21. The summed E-state index contributed by atoms with van der Waals surface area (Å²) >= 11 is 0. The molecule has 5 heteroatoms. The molecule has 0 bridgehead atoms. The van der Waals surface area contributed by atoms with Crippen LogP contribution in [0, 0.1) is 0 Å². The van der Waals surface area contributed by atoms with Gasteiger partial charge >= 0.3 is 5.97 Å². The molecule has 0 atom stereocenters. The second-order valence-electron chi connectivity index (χ2n) is 3.21. The lowest BCUT2D eigenvalue weighted by Crippen LogP contribution is -2.14. The standard InChI is InChI=1S/C11H12N2O3/c1-7(6-10(14)15)11(16)13-9-5-3-2-4-8(9)12/h2-6H,12H2,1H3,(H,13,16)(H,14,15). The molecule has 1 aromatic carbocycles. The van der Waals surface area contributed by atoms with E-state index in [-0.39, 0.29) is 5.57 Å². The number of nitrogens with one attached hydrogen (secondary N) is 1. The minimum atomic E-state index is -1.16. The highest BCUT2D eigenvalue weighted by Gasteiger charge is 2.07. The zero-order chi connectivity index (χ0) is 12.1. The van der Waals surface area contributed by atoms with Crippen LogP contribution in [0.3, 0.4) is 0 Å². The number of anilines is 2. The van der Waals surface area contributed by atoms with Crippen molar-refractivity contribution in [2.45, 2.75) is 6.92 Å². The van der Waals surface area contributed by atoms with Gasteiger partial charge in [-0.1, -0.05) is 12.1 Å². The molecule has 0 spiro atoms. The third-order valence-electron chi connectivity index (χ3n) is 1.91. The molecule has 0 heterocycles. The van der Waals surface area contributed by atoms with Crippen molar-refractivity contribution in [3.05, 3.63) is 35.9 Å². The van der Waals surface area contributed by atoms with Gasteiger partial charge in [-0.15, -0.1) is 0 Å². The SMILES string of the molecule is CC(=CC(=O)O)C(=O)Nc1ccccc1N. The van der Waals surface area contributed by atoms with E-state index in [1.54, 1.807) is 24.3 Å². The largest absolute Gasteiger partial charge is 0.478 e. The minimum Gasteiger partial charge on any atom is -0.478 e. The number of amides is 1. The van der Waals surface area contributed by atoms with E-state index in [0.717, 1.165) is 6.08 Å². The van der Waals surface area contributed by atoms with Crippen LogP contribution in [-0.4, -0.2) is 17.0 Å². The molecule has 84 valence electrons. The van der Waals surface area contributed by atoms with E-state index < -0.39 is 11.9 Å². The average Bonchev–Trinajstić information content (AvgIpc) is 2.20. The van der Waals surface area contributed by atoms with Crippen LogP contribution in [0.15, 0.2) is 35.9 Å². The topological polar surface area (TPSA) is 92.4 Å². The second kappa shape index (κ2) is 4.97. The molecule has 5 nitrogen and oxygen atoms in total. The van der Waals surface area contributed by atoms with Crippen molar-refractivity contribution in [2.75, 3.05) is 11.1 Å². The minimum absolute atomic E-state index is 0.107. The Balaban J connectivity index is 2.80. The number of carboxylic acids is 1. The molecule has 1 aromatic rings. The van der Waals surface area contributed by atoms with E-state index in [0.29, 0.717) is 11.4 Å². The van der Waals surface area contributed by atoms with Crippen LogP contribution in [-0.2, 0) is 9.59 Å². The lowest BCUT2D eigenvalue weighted by molar-refractivity contribution is -0.131. The van der Waals surface area contributed by atoms with Gasteiger partial charge < -0.3 is 16.2 Å². The van der Waals surface area contributed by atoms with E-state index in [1.165, 1.54) is 6.92 Å². The summed E-state index contributed by atoms with van der Waals surface area (Å²) in [5.41, 5.74) is 6.62. The fourth-order valence-corrected chi connectivity index (χ4v) is 1.08. The van der Waals surface area contributed by atoms with Gasteiger partial charge in [0.25, 0.3) is 5.91 Å². The zero-order valence-corrected chi connectivity index (χ0v) is 8.73. The molecule has 0 aliphatic rings. The Labute approximate surface area is 92.6 Å². The van der Waals surface area contributed by atoms with Gasteiger partial charge in [-0.05, 0) is 19.1 Å². The molecule has 16 heavy (non-hydrogen) atoms. The van der Waals surface area contributed by atoms with Crippen molar-refractivity contribution in [1.29, 1.82) is 0 Å². The summed E-state index contributed by atoms with van der Waals surface area (Å²) in [6.45, 7) is 1.42. The first kappa shape index (κ1) is 11.8. The first-order chi connectivity index (χ1) is 7.50. The van der Waals surface area contributed by atoms with Crippen LogP contribution in [0.1, 0.15) is 6.92 Å². The normalized spacial score (nSPS) is 10.9. The maximum absolute atomic E-state index is 11.5. The highest BCUT2D eigenvalue weighted by Crippen LogP contribution is 2.17. The maximum Gasteiger partial charge on any atom is 0.328 e. The zero-order valence-electron chi connectivity index (χ0n) is 8.73. The van der Waals surface area contributed by atoms with Gasteiger partial charge in [-0.2, -0.15) is 0 Å². The quantitative estimate of drug-likeness (QED) is 0.527. The molecular formula is C11H12N2O3. The van der Waals surface area contributed by atoms with Gasteiger partial charge in [0.2, 0.25) is 0 Å². The molecule has 4 N–H and O–H groups in total. The summed E-state index contributed by atoms with van der Waals surface area (Å²) in [5.74, 6) is -1.64. The number of carbonyl (C=O) groups excluding carboxylic acids is 1. The smallest absolute Gasteiger partial charge is 0.328 e. The highest BCUT2D eigenvalue weighted by molar-refractivity contribution is 6.07. The molecule has 1 amide bonds. The summed E-state index contributed by atoms with van der Waals surface area (Å²) < 4.78 is 0. The van der Waals surface area contributed by atoms with Crippen LogP contribution in [0.2, 0.25) is 0 Å². The molecule has 1 rings (SSSR count). The Kier molecular flexibility index (Phi) is 3.66. The number of nitrogen functional groups attached to an aromatic ring is 1. The Hall–Kier alpha value is -2.30. The number of carboxylic acid groups (broad SMARTS) is 1. The van der Waals surface area contributed by atoms with E-state index in [9.17, 15) is 9.59 Å². The van der Waals surface area contributed by atoms with Gasteiger partial charge in [0.15, 0.2) is 0 Å². The van der Waals surface area contributed by atoms with Crippen molar-refractivity contribution >= 4 is 23.3 Å². The number of aliphatic carboxylic acids is 1. The van der Waals surface area contributed by atoms with Crippen LogP contribution in [0.5, 0.6) is 0 Å². The van der Waals surface area contributed by atoms with Gasteiger partial charge in [0, 0.05) is 11.6 Å². The van der Waals surface area contributed by atoms with Crippen molar-refractivity contribution in [3.8, 4) is 0 Å². The van der Waals surface area contributed by atoms with Crippen molar-refractivity contribution in [3.63, 3.8) is 0 Å². The number of hydrogen-bond donors (Lipinski definition) is 3. The summed E-state index contributed by atoms with van der Waals surface area (Å²) in [6, 6.07) is 6.75. The third kappa shape index (κ3) is 3.13. The molecule has 0 saturated heterocycles. The monoisotopic (exact) mass is 220 g/mol. The predicted octanol–water partition coefficient (Wildman–Crippen LogP) is 1.24. The average molecular weight is 220 g/mol. The number of carbonyl (C=O) groups is 2. The lowest BCUT2D eigenvalue weighted by atomic mass is 10.2. The van der Waals surface area contributed by atoms with E-state index in [2.05, 4.69) is 5.32 Å². The van der Waals surface area contributed by atoms with Crippen molar-refractivity contribution < 1.29 is 14.7 Å².